The van der Waals surface area contributed by atoms with Gasteiger partial charge in [-0.3, -0.25) is 0 Å². The predicted molar refractivity (Wildman–Crippen MR) is 73.0 cm³/mol. The maximum absolute atomic E-state index is 10.4. The van der Waals surface area contributed by atoms with Gasteiger partial charge >= 0.3 is 0 Å². The molecular weight excluding hydrogens is 266 g/mol. The number of hydrogen-bond acceptors (Lipinski definition) is 4. The molecule has 0 amide bonds. The molecule has 19 heavy (non-hydrogen) atoms. The largest absolute Gasteiger partial charge is 0.490 e. The van der Waals surface area contributed by atoms with Crippen molar-refractivity contribution < 1.29 is 14.6 Å². The molecule has 1 saturated heterocycles. The Balaban J connectivity index is 1.90. The minimum Gasteiger partial charge on any atom is -0.490 e. The van der Waals surface area contributed by atoms with Crippen molar-refractivity contribution in [1.82, 2.24) is 5.32 Å². The van der Waals surface area contributed by atoms with E-state index in [1.165, 1.54) is 0 Å². The second-order valence-electron chi connectivity index (χ2n) is 5.02. The van der Waals surface area contributed by atoms with Gasteiger partial charge in [-0.1, -0.05) is 11.6 Å². The molecule has 0 bridgehead atoms. The lowest BCUT2D eigenvalue weighted by molar-refractivity contribution is 0.137. The molecule has 104 valence electrons. The Kier molecular flexibility index (Phi) is 3.82. The molecule has 2 atom stereocenters. The van der Waals surface area contributed by atoms with Crippen molar-refractivity contribution in [2.24, 2.45) is 0 Å². The van der Waals surface area contributed by atoms with Crippen molar-refractivity contribution in [2.45, 2.75) is 31.4 Å². The van der Waals surface area contributed by atoms with E-state index in [2.05, 4.69) is 5.32 Å². The van der Waals surface area contributed by atoms with Crippen LogP contribution in [0, 0.1) is 0 Å². The molecule has 2 aliphatic rings. The Hall–Kier alpha value is -0.970. The third-order valence-corrected chi connectivity index (χ3v) is 3.99. The van der Waals surface area contributed by atoms with Crippen LogP contribution in [0.5, 0.6) is 11.5 Å². The quantitative estimate of drug-likeness (QED) is 0.874. The summed E-state index contributed by atoms with van der Waals surface area (Å²) in [4.78, 5) is 0. The maximum atomic E-state index is 10.4. The van der Waals surface area contributed by atoms with Crippen LogP contribution < -0.4 is 14.8 Å². The smallest absolute Gasteiger partial charge is 0.162 e. The van der Waals surface area contributed by atoms with Crippen molar-refractivity contribution in [2.75, 3.05) is 19.8 Å². The molecular formula is C14H18ClNO3. The molecule has 0 saturated carbocycles. The molecule has 5 heteroatoms. The van der Waals surface area contributed by atoms with Crippen molar-refractivity contribution in [3.63, 3.8) is 0 Å². The molecule has 0 aromatic heterocycles. The molecule has 2 heterocycles. The highest BCUT2D eigenvalue weighted by Gasteiger charge is 2.27. The molecule has 1 aromatic carbocycles. The summed E-state index contributed by atoms with van der Waals surface area (Å²) in [5, 5.41) is 14.3. The van der Waals surface area contributed by atoms with E-state index in [9.17, 15) is 5.11 Å². The van der Waals surface area contributed by atoms with Gasteiger partial charge in [-0.25, -0.2) is 0 Å². The summed E-state index contributed by atoms with van der Waals surface area (Å²) in [5.74, 6) is 1.34. The van der Waals surface area contributed by atoms with Crippen LogP contribution >= 0.6 is 11.6 Å². The molecule has 3 rings (SSSR count). The topological polar surface area (TPSA) is 50.7 Å². The van der Waals surface area contributed by atoms with E-state index in [0.717, 1.165) is 25.8 Å². The first-order valence-corrected chi connectivity index (χ1v) is 7.14. The SMILES string of the molecule is OC(c1cc2c(cc1Cl)OCCCO2)C1CCCN1. The Morgan fingerprint density at radius 2 is 1.95 bits per heavy atom. The third kappa shape index (κ3) is 2.66. The average molecular weight is 284 g/mol. The van der Waals surface area contributed by atoms with Gasteiger partial charge in [0, 0.05) is 24.1 Å². The van der Waals surface area contributed by atoms with Crippen LogP contribution in [0.4, 0.5) is 0 Å². The van der Waals surface area contributed by atoms with Crippen molar-refractivity contribution in [1.29, 1.82) is 0 Å². The minimum atomic E-state index is -0.604. The number of hydrogen-bond donors (Lipinski definition) is 2. The number of fused-ring (bicyclic) bond motifs is 1. The summed E-state index contributed by atoms with van der Waals surface area (Å²) in [5.41, 5.74) is 0.713. The first kappa shape index (κ1) is 13.0. The number of halogens is 1. The maximum Gasteiger partial charge on any atom is 0.162 e. The lowest BCUT2D eigenvalue weighted by Gasteiger charge is -2.21. The molecule has 0 aliphatic carbocycles. The summed E-state index contributed by atoms with van der Waals surface area (Å²) < 4.78 is 11.2. The predicted octanol–water partition coefficient (Wildman–Crippen LogP) is 2.29. The Morgan fingerprint density at radius 3 is 2.63 bits per heavy atom. The van der Waals surface area contributed by atoms with E-state index in [-0.39, 0.29) is 6.04 Å². The first-order valence-electron chi connectivity index (χ1n) is 6.76. The van der Waals surface area contributed by atoms with E-state index in [4.69, 9.17) is 21.1 Å². The van der Waals surface area contributed by atoms with Gasteiger partial charge in [-0.2, -0.15) is 0 Å². The molecule has 1 fully saturated rings. The van der Waals surface area contributed by atoms with E-state index >= 15 is 0 Å². The normalized spacial score (nSPS) is 24.0. The highest BCUT2D eigenvalue weighted by atomic mass is 35.5. The summed E-state index contributed by atoms with van der Waals surface area (Å²) in [6.07, 6.45) is 2.30. The molecule has 2 unspecified atom stereocenters. The van der Waals surface area contributed by atoms with Gasteiger partial charge in [0.05, 0.1) is 24.3 Å². The molecule has 0 radical (unpaired) electrons. The Labute approximate surface area is 117 Å². The fourth-order valence-electron chi connectivity index (χ4n) is 2.62. The average Bonchev–Trinajstić information content (AvgIpc) is 2.84. The van der Waals surface area contributed by atoms with Gasteiger partial charge in [-0.15, -0.1) is 0 Å². The van der Waals surface area contributed by atoms with E-state index < -0.39 is 6.10 Å². The third-order valence-electron chi connectivity index (χ3n) is 3.67. The van der Waals surface area contributed by atoms with Crippen LogP contribution in [0.2, 0.25) is 5.02 Å². The number of aliphatic hydroxyl groups is 1. The standard InChI is InChI=1S/C14H18ClNO3/c15-10-8-13-12(18-5-2-6-19-13)7-9(10)14(17)11-3-1-4-16-11/h7-8,11,14,16-17H,1-6H2. The summed E-state index contributed by atoms with van der Waals surface area (Å²) in [6.45, 7) is 2.21. The number of rotatable bonds is 2. The van der Waals surface area contributed by atoms with Gasteiger partial charge in [0.25, 0.3) is 0 Å². The van der Waals surface area contributed by atoms with Crippen LogP contribution in [0.15, 0.2) is 12.1 Å². The lowest BCUT2D eigenvalue weighted by Crippen LogP contribution is -2.28. The molecule has 2 aliphatic heterocycles. The molecule has 2 N–H and O–H groups in total. The number of nitrogens with one attached hydrogen (secondary N) is 1. The first-order chi connectivity index (χ1) is 9.25. The van der Waals surface area contributed by atoms with Crippen molar-refractivity contribution in [3.8, 4) is 11.5 Å². The van der Waals surface area contributed by atoms with Crippen molar-refractivity contribution >= 4 is 11.6 Å². The van der Waals surface area contributed by atoms with Gasteiger partial charge in [0.2, 0.25) is 0 Å². The fraction of sp³-hybridized carbons (Fsp3) is 0.571. The van der Waals surface area contributed by atoms with Crippen LogP contribution in [0.3, 0.4) is 0 Å². The number of benzene rings is 1. The van der Waals surface area contributed by atoms with E-state index in [0.29, 0.717) is 35.3 Å². The zero-order valence-electron chi connectivity index (χ0n) is 10.7. The zero-order valence-corrected chi connectivity index (χ0v) is 11.4. The number of ether oxygens (including phenoxy) is 2. The fourth-order valence-corrected chi connectivity index (χ4v) is 2.89. The highest BCUT2D eigenvalue weighted by molar-refractivity contribution is 6.31. The second-order valence-corrected chi connectivity index (χ2v) is 5.43. The van der Waals surface area contributed by atoms with Crippen LogP contribution in [0.25, 0.3) is 0 Å². The van der Waals surface area contributed by atoms with Crippen LogP contribution in [-0.4, -0.2) is 30.9 Å². The second kappa shape index (κ2) is 5.57. The van der Waals surface area contributed by atoms with Crippen LogP contribution in [-0.2, 0) is 0 Å². The minimum absolute atomic E-state index is 0.0715. The van der Waals surface area contributed by atoms with Crippen LogP contribution in [0.1, 0.15) is 30.9 Å². The Bertz CT molecular complexity index is 460. The summed E-state index contributed by atoms with van der Waals surface area (Å²) in [6, 6.07) is 3.63. The van der Waals surface area contributed by atoms with Gasteiger partial charge < -0.3 is 19.9 Å². The Morgan fingerprint density at radius 1 is 1.21 bits per heavy atom. The monoisotopic (exact) mass is 283 g/mol. The zero-order chi connectivity index (χ0) is 13.2. The van der Waals surface area contributed by atoms with Gasteiger partial charge in [0.15, 0.2) is 11.5 Å². The molecule has 1 aromatic rings. The van der Waals surface area contributed by atoms with Gasteiger partial charge in [0.1, 0.15) is 0 Å². The molecule has 4 nitrogen and oxygen atoms in total. The van der Waals surface area contributed by atoms with E-state index in [1.54, 1.807) is 6.07 Å². The molecule has 0 spiro atoms. The lowest BCUT2D eigenvalue weighted by atomic mass is 10.0. The van der Waals surface area contributed by atoms with Gasteiger partial charge in [-0.05, 0) is 25.5 Å². The summed E-state index contributed by atoms with van der Waals surface area (Å²) in [7, 11) is 0. The van der Waals surface area contributed by atoms with Crippen molar-refractivity contribution in [3.05, 3.63) is 22.7 Å². The van der Waals surface area contributed by atoms with E-state index in [1.807, 2.05) is 6.07 Å². The highest BCUT2D eigenvalue weighted by Crippen LogP contribution is 2.38. The number of aliphatic hydroxyl groups excluding tert-OH is 1. The summed E-state index contributed by atoms with van der Waals surface area (Å²) >= 11 is 6.26.